The summed E-state index contributed by atoms with van der Waals surface area (Å²) in [6, 6.07) is 0.493. The Morgan fingerprint density at radius 1 is 1.29 bits per heavy atom. The van der Waals surface area contributed by atoms with Crippen LogP contribution in [-0.2, 0) is 14.3 Å². The normalized spacial score (nSPS) is 30.9. The van der Waals surface area contributed by atoms with E-state index in [1.165, 1.54) is 0 Å². The van der Waals surface area contributed by atoms with Crippen LogP contribution in [0.2, 0.25) is 0 Å². The number of hydrogen-bond acceptors (Lipinski definition) is 4. The third kappa shape index (κ3) is 3.24. The molecule has 2 atom stereocenters. The molecule has 0 aromatic heterocycles. The molecule has 1 amide bonds. The van der Waals surface area contributed by atoms with Crippen LogP contribution in [0.1, 0.15) is 26.2 Å². The molecule has 0 spiro atoms. The van der Waals surface area contributed by atoms with Gasteiger partial charge in [-0.15, -0.1) is 0 Å². The topological polar surface area (TPSA) is 42.0 Å². The van der Waals surface area contributed by atoms with Crippen LogP contribution in [0.15, 0.2) is 11.8 Å². The third-order valence-corrected chi connectivity index (χ3v) is 4.94. The van der Waals surface area contributed by atoms with Crippen LogP contribution in [0, 0.1) is 5.92 Å². The van der Waals surface area contributed by atoms with E-state index in [1.807, 2.05) is 4.90 Å². The summed E-state index contributed by atoms with van der Waals surface area (Å²) >= 11 is 0. The van der Waals surface area contributed by atoms with Crippen molar-refractivity contribution in [2.75, 3.05) is 46.0 Å². The van der Waals surface area contributed by atoms with E-state index >= 15 is 0 Å². The van der Waals surface area contributed by atoms with E-state index in [2.05, 4.69) is 11.8 Å². The van der Waals surface area contributed by atoms with Gasteiger partial charge in [-0.1, -0.05) is 13.3 Å². The fourth-order valence-electron chi connectivity index (χ4n) is 3.67. The minimum absolute atomic E-state index is 0.184. The van der Waals surface area contributed by atoms with Gasteiger partial charge in [0.1, 0.15) is 0 Å². The van der Waals surface area contributed by atoms with Crippen LogP contribution < -0.4 is 0 Å². The van der Waals surface area contributed by atoms with Crippen molar-refractivity contribution < 1.29 is 14.3 Å². The number of amides is 1. The molecule has 0 bridgehead atoms. The van der Waals surface area contributed by atoms with Gasteiger partial charge in [-0.3, -0.25) is 9.69 Å². The van der Waals surface area contributed by atoms with Gasteiger partial charge in [-0.2, -0.15) is 0 Å². The Bertz CT molecular complexity index is 404. The number of carbonyl (C=O) groups excluding carboxylic acids is 1. The van der Waals surface area contributed by atoms with Crippen LogP contribution in [0.3, 0.4) is 0 Å². The molecule has 0 aliphatic carbocycles. The Balaban J connectivity index is 1.65. The van der Waals surface area contributed by atoms with Gasteiger partial charge in [0.25, 0.3) is 5.91 Å². The first-order valence-electron chi connectivity index (χ1n) is 8.21. The Morgan fingerprint density at radius 2 is 2.10 bits per heavy atom. The highest BCUT2D eigenvalue weighted by molar-refractivity contribution is 5.93. The highest BCUT2D eigenvalue weighted by Gasteiger charge is 2.38. The van der Waals surface area contributed by atoms with Crippen LogP contribution in [0.4, 0.5) is 0 Å². The molecule has 0 N–H and O–H groups in total. The molecule has 3 aliphatic rings. The first kappa shape index (κ1) is 14.9. The van der Waals surface area contributed by atoms with E-state index in [1.54, 1.807) is 6.26 Å². The summed E-state index contributed by atoms with van der Waals surface area (Å²) in [6.07, 6.45) is 4.61. The second kappa shape index (κ2) is 6.79. The lowest BCUT2D eigenvalue weighted by Gasteiger charge is -2.34. The minimum atomic E-state index is 0.184. The number of carbonyl (C=O) groups is 1. The number of rotatable bonds is 3. The summed E-state index contributed by atoms with van der Waals surface area (Å²) in [5, 5.41) is 0. The molecular formula is C16H26N2O3. The summed E-state index contributed by atoms with van der Waals surface area (Å²) in [4.78, 5) is 17.2. The molecule has 2 fully saturated rings. The predicted molar refractivity (Wildman–Crippen MR) is 79.8 cm³/mol. The lowest BCUT2D eigenvalue weighted by atomic mass is 9.99. The zero-order chi connectivity index (χ0) is 14.7. The monoisotopic (exact) mass is 294 g/mol. The van der Waals surface area contributed by atoms with Crippen molar-refractivity contribution in [2.45, 2.75) is 32.2 Å². The fourth-order valence-corrected chi connectivity index (χ4v) is 3.67. The average Bonchev–Trinajstić information content (AvgIpc) is 3.00. The Kier molecular flexibility index (Phi) is 4.80. The summed E-state index contributed by atoms with van der Waals surface area (Å²) in [5.74, 6) is 0.765. The highest BCUT2D eigenvalue weighted by Crippen LogP contribution is 2.27. The largest absolute Gasteiger partial charge is 0.501 e. The molecule has 3 heterocycles. The van der Waals surface area contributed by atoms with E-state index in [9.17, 15) is 4.79 Å². The van der Waals surface area contributed by atoms with E-state index in [0.29, 0.717) is 12.0 Å². The average molecular weight is 294 g/mol. The first-order chi connectivity index (χ1) is 10.3. The van der Waals surface area contributed by atoms with Gasteiger partial charge in [0.05, 0.1) is 31.7 Å². The molecule has 5 heteroatoms. The second-order valence-corrected chi connectivity index (χ2v) is 6.21. The van der Waals surface area contributed by atoms with E-state index in [4.69, 9.17) is 9.47 Å². The van der Waals surface area contributed by atoms with Gasteiger partial charge >= 0.3 is 0 Å². The van der Waals surface area contributed by atoms with Crippen molar-refractivity contribution in [3.05, 3.63) is 11.8 Å². The minimum Gasteiger partial charge on any atom is -0.501 e. The second-order valence-electron chi connectivity index (χ2n) is 6.21. The number of ether oxygens (including phenoxy) is 2. The molecule has 21 heavy (non-hydrogen) atoms. The molecule has 5 nitrogen and oxygen atoms in total. The zero-order valence-corrected chi connectivity index (χ0v) is 12.9. The number of hydrogen-bond donors (Lipinski definition) is 0. The summed E-state index contributed by atoms with van der Waals surface area (Å²) in [7, 11) is 0. The third-order valence-electron chi connectivity index (χ3n) is 4.94. The summed E-state index contributed by atoms with van der Waals surface area (Å²) in [6.45, 7) is 8.34. The molecule has 0 aromatic carbocycles. The molecule has 0 unspecified atom stereocenters. The van der Waals surface area contributed by atoms with Crippen LogP contribution >= 0.6 is 0 Å². The SMILES string of the molecule is CC[C@H]1CN(C(=O)C2=COCCC2)C[C@@H]1N1CCOCC1. The number of likely N-dealkylation sites (tertiary alicyclic amines) is 1. The van der Waals surface area contributed by atoms with Crippen molar-refractivity contribution in [1.29, 1.82) is 0 Å². The molecular weight excluding hydrogens is 268 g/mol. The van der Waals surface area contributed by atoms with Crippen molar-refractivity contribution in [1.82, 2.24) is 9.80 Å². The smallest absolute Gasteiger partial charge is 0.252 e. The van der Waals surface area contributed by atoms with Gasteiger partial charge in [0.2, 0.25) is 0 Å². The molecule has 118 valence electrons. The maximum Gasteiger partial charge on any atom is 0.252 e. The van der Waals surface area contributed by atoms with E-state index in [-0.39, 0.29) is 5.91 Å². The van der Waals surface area contributed by atoms with Gasteiger partial charge in [-0.05, 0) is 18.8 Å². The maximum atomic E-state index is 12.6. The molecule has 0 radical (unpaired) electrons. The number of morpholine rings is 1. The van der Waals surface area contributed by atoms with Crippen molar-refractivity contribution in [3.63, 3.8) is 0 Å². The van der Waals surface area contributed by atoms with Gasteiger partial charge in [0, 0.05) is 32.2 Å². The molecule has 2 saturated heterocycles. The van der Waals surface area contributed by atoms with Gasteiger partial charge in [0.15, 0.2) is 0 Å². The van der Waals surface area contributed by atoms with Crippen LogP contribution in [0.5, 0.6) is 0 Å². The Hall–Kier alpha value is -1.07. The van der Waals surface area contributed by atoms with Gasteiger partial charge < -0.3 is 14.4 Å². The fraction of sp³-hybridized carbons (Fsp3) is 0.812. The maximum absolute atomic E-state index is 12.6. The molecule has 0 saturated carbocycles. The molecule has 0 aromatic rings. The van der Waals surface area contributed by atoms with Crippen molar-refractivity contribution >= 4 is 5.91 Å². The quantitative estimate of drug-likeness (QED) is 0.785. The predicted octanol–water partition coefficient (Wildman–Crippen LogP) is 1.25. The van der Waals surface area contributed by atoms with Gasteiger partial charge in [-0.25, -0.2) is 0 Å². The zero-order valence-electron chi connectivity index (χ0n) is 12.9. The number of nitrogens with zero attached hydrogens (tertiary/aromatic N) is 2. The Morgan fingerprint density at radius 3 is 2.76 bits per heavy atom. The summed E-state index contributed by atoms with van der Waals surface area (Å²) < 4.78 is 10.8. The lowest BCUT2D eigenvalue weighted by Crippen LogP contribution is -2.47. The standard InChI is InChI=1S/C16H26N2O3/c1-2-13-10-18(16(19)14-4-3-7-21-12-14)11-15(13)17-5-8-20-9-6-17/h12-13,15H,2-11H2,1H3/t13-,15-/m0/s1. The van der Waals surface area contributed by atoms with Crippen LogP contribution in [0.25, 0.3) is 0 Å². The van der Waals surface area contributed by atoms with Crippen molar-refractivity contribution in [3.8, 4) is 0 Å². The Labute approximate surface area is 126 Å². The first-order valence-corrected chi connectivity index (χ1v) is 8.21. The van der Waals surface area contributed by atoms with E-state index in [0.717, 1.165) is 70.8 Å². The van der Waals surface area contributed by atoms with Crippen molar-refractivity contribution in [2.24, 2.45) is 5.92 Å². The lowest BCUT2D eigenvalue weighted by molar-refractivity contribution is -0.127. The molecule has 3 rings (SSSR count). The molecule has 3 aliphatic heterocycles. The van der Waals surface area contributed by atoms with Crippen LogP contribution in [-0.4, -0.2) is 67.7 Å². The van der Waals surface area contributed by atoms with E-state index < -0.39 is 0 Å². The highest BCUT2D eigenvalue weighted by atomic mass is 16.5. The summed E-state index contributed by atoms with van der Waals surface area (Å²) in [5.41, 5.74) is 0.846.